The highest BCUT2D eigenvalue weighted by Gasteiger charge is 2.25. The molecule has 0 saturated heterocycles. The predicted molar refractivity (Wildman–Crippen MR) is 95.2 cm³/mol. The summed E-state index contributed by atoms with van der Waals surface area (Å²) in [4.78, 5) is 17.5. The molecule has 0 bridgehead atoms. The van der Waals surface area contributed by atoms with Gasteiger partial charge in [0, 0.05) is 16.5 Å². The molecule has 1 aromatic carbocycles. The number of hydrogen-bond donors (Lipinski definition) is 1. The van der Waals surface area contributed by atoms with Crippen LogP contribution in [-0.2, 0) is 6.54 Å². The lowest BCUT2D eigenvalue weighted by Crippen LogP contribution is -2.23. The second-order valence-electron chi connectivity index (χ2n) is 6.44. The number of aliphatic hydroxyl groups excluding tert-OH is 1. The fourth-order valence-electron chi connectivity index (χ4n) is 3.49. The van der Waals surface area contributed by atoms with Crippen LogP contribution in [0.4, 0.5) is 0 Å². The van der Waals surface area contributed by atoms with E-state index in [4.69, 9.17) is 10.2 Å². The maximum Gasteiger partial charge on any atom is 0.254 e. The fraction of sp³-hybridized carbons (Fsp3) is 0.250. The lowest BCUT2D eigenvalue weighted by atomic mass is 10.0. The summed E-state index contributed by atoms with van der Waals surface area (Å²) in [7, 11) is 0. The monoisotopic (exact) mass is 331 g/mol. The minimum Gasteiger partial charge on any atom is -0.388 e. The third-order valence-electron chi connectivity index (χ3n) is 4.92. The number of aromatic nitrogens is 2. The largest absolute Gasteiger partial charge is 0.388 e. The van der Waals surface area contributed by atoms with Crippen molar-refractivity contribution in [3.05, 3.63) is 62.9 Å². The van der Waals surface area contributed by atoms with E-state index in [1.807, 2.05) is 31.2 Å². The maximum atomic E-state index is 12.7. The van der Waals surface area contributed by atoms with Crippen molar-refractivity contribution in [3.63, 3.8) is 0 Å². The first-order chi connectivity index (χ1) is 12.0. The summed E-state index contributed by atoms with van der Waals surface area (Å²) in [6.07, 6.45) is -0.0973. The Bertz CT molecular complexity index is 1120. The van der Waals surface area contributed by atoms with Crippen LogP contribution in [-0.4, -0.2) is 14.7 Å². The van der Waals surface area contributed by atoms with E-state index in [0.29, 0.717) is 29.7 Å². The summed E-state index contributed by atoms with van der Waals surface area (Å²) in [5, 5.41) is 20.2. The van der Waals surface area contributed by atoms with Crippen molar-refractivity contribution >= 4 is 10.9 Å². The summed E-state index contributed by atoms with van der Waals surface area (Å²) < 4.78 is 1.71. The molecular formula is C20H17N3O2. The molecule has 124 valence electrons. The van der Waals surface area contributed by atoms with Crippen molar-refractivity contribution in [1.82, 2.24) is 9.55 Å². The van der Waals surface area contributed by atoms with Crippen molar-refractivity contribution < 1.29 is 5.11 Å². The molecule has 5 heteroatoms. The number of benzene rings is 1. The van der Waals surface area contributed by atoms with Crippen molar-refractivity contribution in [2.75, 3.05) is 0 Å². The topological polar surface area (TPSA) is 78.9 Å². The van der Waals surface area contributed by atoms with Gasteiger partial charge in [0.2, 0.25) is 0 Å². The molecule has 25 heavy (non-hydrogen) atoms. The zero-order valence-electron chi connectivity index (χ0n) is 14.1. The van der Waals surface area contributed by atoms with Gasteiger partial charge in [0.25, 0.3) is 5.56 Å². The fourth-order valence-corrected chi connectivity index (χ4v) is 3.49. The first-order valence-corrected chi connectivity index (χ1v) is 8.30. The van der Waals surface area contributed by atoms with Crippen LogP contribution in [0.3, 0.4) is 0 Å². The number of rotatable bonds is 2. The molecule has 1 atom stereocenters. The molecular weight excluding hydrogens is 314 g/mol. The van der Waals surface area contributed by atoms with E-state index in [2.05, 4.69) is 6.07 Å². The number of nitriles is 1. The molecule has 0 radical (unpaired) electrons. The van der Waals surface area contributed by atoms with E-state index >= 15 is 0 Å². The quantitative estimate of drug-likeness (QED) is 0.612. The summed E-state index contributed by atoms with van der Waals surface area (Å²) in [6, 6.07) is 11.4. The Kier molecular flexibility index (Phi) is 3.45. The Morgan fingerprint density at radius 3 is 2.88 bits per heavy atom. The predicted octanol–water partition coefficient (Wildman–Crippen LogP) is 3.05. The van der Waals surface area contributed by atoms with Crippen molar-refractivity contribution in [3.8, 4) is 17.5 Å². The van der Waals surface area contributed by atoms with Gasteiger partial charge in [-0.05, 0) is 49.2 Å². The summed E-state index contributed by atoms with van der Waals surface area (Å²) in [5.41, 5.74) is 5.04. The number of fused-ring (bicyclic) bond motifs is 4. The van der Waals surface area contributed by atoms with Crippen molar-refractivity contribution in [2.24, 2.45) is 0 Å². The smallest absolute Gasteiger partial charge is 0.254 e. The average molecular weight is 331 g/mol. The number of nitrogens with zero attached hydrogens (tertiary/aromatic N) is 3. The third kappa shape index (κ3) is 2.26. The van der Waals surface area contributed by atoms with Gasteiger partial charge in [-0.25, -0.2) is 4.98 Å². The highest BCUT2D eigenvalue weighted by molar-refractivity contribution is 5.85. The lowest BCUT2D eigenvalue weighted by molar-refractivity contribution is 0.172. The van der Waals surface area contributed by atoms with Crippen LogP contribution in [0.5, 0.6) is 0 Å². The maximum absolute atomic E-state index is 12.7. The highest BCUT2D eigenvalue weighted by Crippen LogP contribution is 2.34. The molecule has 0 aliphatic carbocycles. The van der Waals surface area contributed by atoms with Gasteiger partial charge in [-0.3, -0.25) is 4.79 Å². The van der Waals surface area contributed by atoms with Crippen LogP contribution < -0.4 is 5.56 Å². The standard InChI is InChI=1S/C20H17N3O2/c1-3-18(24)15-8-17-19-14(10-23(17)20(25)11(15)2)7-13-6-12(9-21)4-5-16(13)22-19/h4-8,18,24H,3,10H2,1-2H3. The second kappa shape index (κ2) is 5.54. The van der Waals surface area contributed by atoms with E-state index in [9.17, 15) is 9.90 Å². The van der Waals surface area contributed by atoms with Gasteiger partial charge in [0.15, 0.2) is 0 Å². The Labute approximate surface area is 144 Å². The molecule has 5 nitrogen and oxygen atoms in total. The SMILES string of the molecule is CCC(O)c1cc2n(c(=O)c1C)Cc1cc3cc(C#N)ccc3nc1-2. The number of pyridine rings is 2. The average Bonchev–Trinajstić information content (AvgIpc) is 2.99. The van der Waals surface area contributed by atoms with Crippen molar-refractivity contribution in [2.45, 2.75) is 32.9 Å². The third-order valence-corrected chi connectivity index (χ3v) is 4.92. The van der Waals surface area contributed by atoms with E-state index in [1.165, 1.54) is 0 Å². The molecule has 2 aromatic heterocycles. The molecule has 0 spiro atoms. The van der Waals surface area contributed by atoms with E-state index in [0.717, 1.165) is 27.9 Å². The molecule has 1 N–H and O–H groups in total. The second-order valence-corrected chi connectivity index (χ2v) is 6.44. The minimum absolute atomic E-state index is 0.0835. The van der Waals surface area contributed by atoms with Crippen LogP contribution in [0.25, 0.3) is 22.3 Å². The number of aliphatic hydroxyl groups is 1. The molecule has 0 saturated carbocycles. The molecule has 1 unspecified atom stereocenters. The normalized spacial score (nSPS) is 13.4. The van der Waals surface area contributed by atoms with Crippen LogP contribution in [0.1, 0.15) is 41.7 Å². The van der Waals surface area contributed by atoms with Gasteiger partial charge in [-0.2, -0.15) is 5.26 Å². The van der Waals surface area contributed by atoms with Crippen LogP contribution >= 0.6 is 0 Å². The van der Waals surface area contributed by atoms with Gasteiger partial charge >= 0.3 is 0 Å². The van der Waals surface area contributed by atoms with Gasteiger partial charge in [-0.15, -0.1) is 0 Å². The first-order valence-electron chi connectivity index (χ1n) is 8.30. The summed E-state index contributed by atoms with van der Waals surface area (Å²) in [5.74, 6) is 0. The Hall–Kier alpha value is -2.97. The minimum atomic E-state index is -0.652. The molecule has 3 aromatic rings. The Morgan fingerprint density at radius 1 is 1.36 bits per heavy atom. The molecule has 0 amide bonds. The van der Waals surface area contributed by atoms with Gasteiger partial charge in [-0.1, -0.05) is 6.92 Å². The summed E-state index contributed by atoms with van der Waals surface area (Å²) >= 11 is 0. The van der Waals surface area contributed by atoms with Gasteiger partial charge in [0.05, 0.1) is 41.2 Å². The van der Waals surface area contributed by atoms with E-state index < -0.39 is 6.10 Å². The van der Waals surface area contributed by atoms with E-state index in [1.54, 1.807) is 17.6 Å². The van der Waals surface area contributed by atoms with Gasteiger partial charge in [0.1, 0.15) is 0 Å². The molecule has 4 rings (SSSR count). The molecule has 1 aliphatic heterocycles. The highest BCUT2D eigenvalue weighted by atomic mass is 16.3. The molecule has 1 aliphatic rings. The zero-order chi connectivity index (χ0) is 17.7. The van der Waals surface area contributed by atoms with Crippen LogP contribution in [0, 0.1) is 18.3 Å². The van der Waals surface area contributed by atoms with Crippen molar-refractivity contribution in [1.29, 1.82) is 5.26 Å². The zero-order valence-corrected chi connectivity index (χ0v) is 14.1. The molecule has 3 heterocycles. The number of hydrogen-bond acceptors (Lipinski definition) is 4. The Balaban J connectivity index is 1.97. The van der Waals surface area contributed by atoms with Gasteiger partial charge < -0.3 is 9.67 Å². The van der Waals surface area contributed by atoms with Crippen LogP contribution in [0.15, 0.2) is 35.1 Å². The van der Waals surface area contributed by atoms with E-state index in [-0.39, 0.29) is 5.56 Å². The first kappa shape index (κ1) is 15.6. The lowest BCUT2D eigenvalue weighted by Gasteiger charge is -2.14. The summed E-state index contributed by atoms with van der Waals surface area (Å²) in [6.45, 7) is 4.12. The molecule has 0 fully saturated rings. The Morgan fingerprint density at radius 2 is 2.16 bits per heavy atom. The van der Waals surface area contributed by atoms with Crippen LogP contribution in [0.2, 0.25) is 0 Å².